The Morgan fingerprint density at radius 2 is 2.00 bits per heavy atom. The molecule has 0 radical (unpaired) electrons. The van der Waals surface area contributed by atoms with Crippen molar-refractivity contribution in [3.8, 4) is 11.5 Å². The predicted molar refractivity (Wildman–Crippen MR) is 58.7 cm³/mol. The van der Waals surface area contributed by atoms with Crippen molar-refractivity contribution in [1.29, 1.82) is 0 Å². The van der Waals surface area contributed by atoms with Crippen molar-refractivity contribution in [1.82, 2.24) is 0 Å². The molecule has 0 amide bonds. The van der Waals surface area contributed by atoms with E-state index in [9.17, 15) is 5.11 Å². The molecule has 76 valence electrons. The van der Waals surface area contributed by atoms with Crippen LogP contribution in [0.3, 0.4) is 0 Å². The molecule has 0 saturated heterocycles. The van der Waals surface area contributed by atoms with Crippen LogP contribution in [0.4, 0.5) is 0 Å². The van der Waals surface area contributed by atoms with Crippen LogP contribution in [0.15, 0.2) is 22.7 Å². The highest BCUT2D eigenvalue weighted by atomic mass is 79.9. The van der Waals surface area contributed by atoms with Crippen molar-refractivity contribution < 1.29 is 9.84 Å². The Labute approximate surface area is 92.0 Å². The van der Waals surface area contributed by atoms with Gasteiger partial charge in [-0.05, 0) is 59.8 Å². The molecular weight excluding hydrogens is 244 g/mol. The van der Waals surface area contributed by atoms with Gasteiger partial charge in [0.05, 0.1) is 10.6 Å². The maximum absolute atomic E-state index is 9.30. The van der Waals surface area contributed by atoms with Gasteiger partial charge in [-0.25, -0.2) is 0 Å². The van der Waals surface area contributed by atoms with Crippen LogP contribution in [0.5, 0.6) is 11.5 Å². The number of phenols is 1. The normalized spacial score (nSPS) is 17.2. The zero-order chi connectivity index (χ0) is 9.97. The molecule has 2 rings (SSSR count). The molecule has 0 aliphatic heterocycles. The van der Waals surface area contributed by atoms with Gasteiger partial charge in [0, 0.05) is 0 Å². The van der Waals surface area contributed by atoms with Crippen molar-refractivity contribution in [3.05, 3.63) is 22.7 Å². The molecule has 0 bridgehead atoms. The Bertz CT molecular complexity index is 319. The summed E-state index contributed by atoms with van der Waals surface area (Å²) in [7, 11) is 0. The fourth-order valence-corrected chi connectivity index (χ4v) is 2.12. The highest BCUT2D eigenvalue weighted by molar-refractivity contribution is 9.10. The van der Waals surface area contributed by atoms with Crippen LogP contribution >= 0.6 is 15.9 Å². The number of hydrogen-bond donors (Lipinski definition) is 1. The van der Waals surface area contributed by atoms with E-state index in [1.165, 1.54) is 12.8 Å². The molecule has 0 heterocycles. The number of aromatic hydroxyl groups is 1. The molecule has 1 fully saturated rings. The first-order valence-corrected chi connectivity index (χ1v) is 5.70. The van der Waals surface area contributed by atoms with Crippen LogP contribution < -0.4 is 4.74 Å². The molecule has 0 unspecified atom stereocenters. The summed E-state index contributed by atoms with van der Waals surface area (Å²) in [6.07, 6.45) is 5.21. The van der Waals surface area contributed by atoms with Crippen molar-refractivity contribution >= 4 is 15.9 Å². The Morgan fingerprint density at radius 3 is 2.64 bits per heavy atom. The number of phenolic OH excluding ortho intramolecular Hbond substituents is 1. The van der Waals surface area contributed by atoms with Gasteiger partial charge in [0.2, 0.25) is 0 Å². The molecule has 3 heteroatoms. The molecule has 1 aliphatic rings. The van der Waals surface area contributed by atoms with Crippen LogP contribution in [0, 0.1) is 0 Å². The van der Waals surface area contributed by atoms with Gasteiger partial charge in [0.25, 0.3) is 0 Å². The van der Waals surface area contributed by atoms with E-state index in [-0.39, 0.29) is 5.75 Å². The van der Waals surface area contributed by atoms with Crippen molar-refractivity contribution in [3.63, 3.8) is 0 Å². The minimum Gasteiger partial charge on any atom is -0.507 e. The maximum Gasteiger partial charge on any atom is 0.130 e. The Hall–Kier alpha value is -0.700. The smallest absolute Gasteiger partial charge is 0.130 e. The first kappa shape index (κ1) is 9.84. The van der Waals surface area contributed by atoms with Gasteiger partial charge >= 0.3 is 0 Å². The zero-order valence-corrected chi connectivity index (χ0v) is 9.46. The molecule has 2 nitrogen and oxygen atoms in total. The molecule has 0 spiro atoms. The van der Waals surface area contributed by atoms with Crippen molar-refractivity contribution in [2.24, 2.45) is 0 Å². The fourth-order valence-electron chi connectivity index (χ4n) is 1.76. The number of hydrogen-bond acceptors (Lipinski definition) is 2. The zero-order valence-electron chi connectivity index (χ0n) is 7.87. The Balaban J connectivity index is 2.05. The summed E-state index contributed by atoms with van der Waals surface area (Å²) in [5.74, 6) is 1.09. The summed E-state index contributed by atoms with van der Waals surface area (Å²) < 4.78 is 6.46. The lowest BCUT2D eigenvalue weighted by Crippen LogP contribution is -2.10. The summed E-state index contributed by atoms with van der Waals surface area (Å²) in [6, 6.07) is 5.26. The third kappa shape index (κ3) is 2.21. The van der Waals surface area contributed by atoms with Crippen molar-refractivity contribution in [2.45, 2.75) is 31.8 Å². The van der Waals surface area contributed by atoms with E-state index in [0.29, 0.717) is 10.6 Å². The lowest BCUT2D eigenvalue weighted by atomic mass is 10.3. The largest absolute Gasteiger partial charge is 0.507 e. The van der Waals surface area contributed by atoms with E-state index in [2.05, 4.69) is 15.9 Å². The minimum atomic E-state index is 0.253. The van der Waals surface area contributed by atoms with Gasteiger partial charge in [-0.1, -0.05) is 0 Å². The maximum atomic E-state index is 9.30. The van der Waals surface area contributed by atoms with Gasteiger partial charge in [-0.15, -0.1) is 0 Å². The lowest BCUT2D eigenvalue weighted by molar-refractivity contribution is 0.209. The van der Waals surface area contributed by atoms with E-state index in [0.717, 1.165) is 18.6 Å². The Kier molecular flexibility index (Phi) is 2.96. The quantitative estimate of drug-likeness (QED) is 0.878. The van der Waals surface area contributed by atoms with Crippen LogP contribution in [-0.4, -0.2) is 11.2 Å². The third-order valence-corrected chi connectivity index (χ3v) is 3.16. The summed E-state index contributed by atoms with van der Waals surface area (Å²) in [5, 5.41) is 9.30. The molecule has 1 aliphatic carbocycles. The number of ether oxygens (including phenoxy) is 1. The number of benzene rings is 1. The molecule has 1 aromatic rings. The molecular formula is C11H13BrO2. The Morgan fingerprint density at radius 1 is 1.29 bits per heavy atom. The van der Waals surface area contributed by atoms with Crippen molar-refractivity contribution in [2.75, 3.05) is 0 Å². The highest BCUT2D eigenvalue weighted by Gasteiger charge is 2.16. The van der Waals surface area contributed by atoms with E-state index >= 15 is 0 Å². The fraction of sp³-hybridized carbons (Fsp3) is 0.455. The first-order chi connectivity index (χ1) is 6.75. The third-order valence-electron chi connectivity index (χ3n) is 2.52. The summed E-state index contributed by atoms with van der Waals surface area (Å²) >= 11 is 3.27. The van der Waals surface area contributed by atoms with E-state index in [1.54, 1.807) is 12.1 Å². The molecule has 1 saturated carbocycles. The molecule has 14 heavy (non-hydrogen) atoms. The number of halogens is 1. The van der Waals surface area contributed by atoms with Gasteiger partial charge in [0.15, 0.2) is 0 Å². The monoisotopic (exact) mass is 256 g/mol. The van der Waals surface area contributed by atoms with E-state index < -0.39 is 0 Å². The van der Waals surface area contributed by atoms with Crippen LogP contribution in [-0.2, 0) is 0 Å². The molecule has 0 aromatic heterocycles. The standard InChI is InChI=1S/C11H13BrO2/c12-10-7-9(5-6-11(10)13)14-8-3-1-2-4-8/h5-8,13H,1-4H2. The summed E-state index contributed by atoms with van der Waals surface area (Å²) in [6.45, 7) is 0. The predicted octanol–water partition coefficient (Wildman–Crippen LogP) is 3.48. The molecule has 0 atom stereocenters. The second kappa shape index (κ2) is 4.22. The van der Waals surface area contributed by atoms with Crippen LogP contribution in [0.1, 0.15) is 25.7 Å². The lowest BCUT2D eigenvalue weighted by Gasteiger charge is -2.13. The van der Waals surface area contributed by atoms with Gasteiger partial charge in [-0.3, -0.25) is 0 Å². The molecule has 1 aromatic carbocycles. The van der Waals surface area contributed by atoms with E-state index in [4.69, 9.17) is 4.74 Å². The second-order valence-corrected chi connectivity index (χ2v) is 4.49. The van der Waals surface area contributed by atoms with Gasteiger partial charge < -0.3 is 9.84 Å². The SMILES string of the molecule is Oc1ccc(OC2CCCC2)cc1Br. The minimum absolute atomic E-state index is 0.253. The van der Waals surface area contributed by atoms with Gasteiger partial charge in [-0.2, -0.15) is 0 Å². The van der Waals surface area contributed by atoms with Crippen LogP contribution in [0.25, 0.3) is 0 Å². The molecule has 1 N–H and O–H groups in total. The summed E-state index contributed by atoms with van der Waals surface area (Å²) in [4.78, 5) is 0. The van der Waals surface area contributed by atoms with E-state index in [1.807, 2.05) is 6.07 Å². The first-order valence-electron chi connectivity index (χ1n) is 4.91. The average Bonchev–Trinajstić information content (AvgIpc) is 2.64. The second-order valence-electron chi connectivity index (χ2n) is 3.64. The highest BCUT2D eigenvalue weighted by Crippen LogP contribution is 2.30. The number of rotatable bonds is 2. The summed E-state index contributed by atoms with van der Waals surface area (Å²) in [5.41, 5.74) is 0. The topological polar surface area (TPSA) is 29.5 Å². The van der Waals surface area contributed by atoms with Crippen LogP contribution in [0.2, 0.25) is 0 Å². The van der Waals surface area contributed by atoms with Gasteiger partial charge in [0.1, 0.15) is 11.5 Å². The average molecular weight is 257 g/mol.